The average Bonchev–Trinajstić information content (AvgIpc) is 3.23. The first-order valence-corrected chi connectivity index (χ1v) is 10.4. The minimum Gasteiger partial charge on any atom is -0.453 e. The molecular weight excluding hydrogens is 400 g/mol. The topological polar surface area (TPSA) is 85.4 Å². The molecule has 0 aliphatic rings. The highest BCUT2D eigenvalue weighted by atomic mass is 32.1. The van der Waals surface area contributed by atoms with Crippen molar-refractivity contribution in [3.8, 4) is 10.6 Å². The quantitative estimate of drug-likeness (QED) is 0.439. The minimum atomic E-state index is -0.640. The summed E-state index contributed by atoms with van der Waals surface area (Å²) in [7, 11) is 0. The molecule has 154 valence electrons. The molecule has 1 aromatic heterocycles. The molecule has 3 aromatic rings. The van der Waals surface area contributed by atoms with Crippen LogP contribution >= 0.6 is 11.3 Å². The summed E-state index contributed by atoms with van der Waals surface area (Å²) in [5, 5.41) is 5.09. The maximum atomic E-state index is 12.3. The number of nitrogens with zero attached hydrogens (tertiary/aromatic N) is 1. The zero-order valence-electron chi connectivity index (χ0n) is 17.0. The number of hydrogen-bond acceptors (Lipinski definition) is 6. The van der Waals surface area contributed by atoms with Crippen LogP contribution in [0.5, 0.6) is 0 Å². The number of esters is 1. The van der Waals surface area contributed by atoms with Crippen LogP contribution in [-0.4, -0.2) is 29.3 Å². The Bertz CT molecular complexity index is 1050. The Hall–Kier alpha value is -3.32. The van der Waals surface area contributed by atoms with Gasteiger partial charge >= 0.3 is 5.97 Å². The van der Waals surface area contributed by atoms with E-state index in [0.717, 1.165) is 11.1 Å². The molecule has 0 aliphatic heterocycles. The van der Waals surface area contributed by atoms with Crippen LogP contribution in [0.4, 0.5) is 5.69 Å². The molecule has 0 bridgehead atoms. The summed E-state index contributed by atoms with van der Waals surface area (Å²) in [6.07, 6.45) is 0. The Morgan fingerprint density at radius 3 is 2.33 bits per heavy atom. The van der Waals surface area contributed by atoms with E-state index in [1.807, 2.05) is 31.2 Å². The molecule has 3 rings (SSSR count). The van der Waals surface area contributed by atoms with Crippen molar-refractivity contribution in [1.29, 1.82) is 0 Å². The van der Waals surface area contributed by atoms with Crippen molar-refractivity contribution < 1.29 is 19.1 Å². The fraction of sp³-hybridized carbons (Fsp3) is 0.217. The third-order valence-electron chi connectivity index (χ3n) is 4.34. The van der Waals surface area contributed by atoms with E-state index in [2.05, 4.69) is 10.3 Å². The van der Waals surface area contributed by atoms with Gasteiger partial charge in [-0.1, -0.05) is 43.7 Å². The normalized spacial score (nSPS) is 10.7. The van der Waals surface area contributed by atoms with Crippen molar-refractivity contribution in [1.82, 2.24) is 4.98 Å². The number of anilines is 1. The first kappa shape index (κ1) is 21.4. The Morgan fingerprint density at radius 2 is 1.70 bits per heavy atom. The molecule has 0 aliphatic carbocycles. The van der Waals surface area contributed by atoms with Gasteiger partial charge in [0.2, 0.25) is 5.91 Å². The lowest BCUT2D eigenvalue weighted by Crippen LogP contribution is -2.18. The molecule has 0 saturated carbocycles. The van der Waals surface area contributed by atoms with Gasteiger partial charge in [0.15, 0.2) is 18.1 Å². The molecule has 1 N–H and O–H groups in total. The smallest absolute Gasteiger partial charge is 0.358 e. The van der Waals surface area contributed by atoms with Crippen molar-refractivity contribution in [3.63, 3.8) is 0 Å². The van der Waals surface area contributed by atoms with Crippen LogP contribution in [0.15, 0.2) is 53.9 Å². The Balaban J connectivity index is 1.56. The predicted octanol–water partition coefficient (Wildman–Crippen LogP) is 4.75. The maximum Gasteiger partial charge on any atom is 0.358 e. The number of rotatable bonds is 7. The number of benzene rings is 2. The molecule has 0 fully saturated rings. The summed E-state index contributed by atoms with van der Waals surface area (Å²) in [5.41, 5.74) is 3.24. The number of aromatic nitrogens is 1. The molecule has 7 heteroatoms. The van der Waals surface area contributed by atoms with Crippen LogP contribution in [0.1, 0.15) is 40.3 Å². The number of thiazole rings is 1. The number of Topliss-reactive ketones (excluding diaryl/α,β-unsaturated/α-hetero) is 1. The van der Waals surface area contributed by atoms with Crippen molar-refractivity contribution in [3.05, 3.63) is 70.7 Å². The number of carbonyl (C=O) groups is 3. The molecule has 2 aromatic carbocycles. The van der Waals surface area contributed by atoms with E-state index in [0.29, 0.717) is 16.3 Å². The van der Waals surface area contributed by atoms with Gasteiger partial charge in [0.1, 0.15) is 5.01 Å². The zero-order chi connectivity index (χ0) is 21.7. The van der Waals surface area contributed by atoms with Gasteiger partial charge in [-0.3, -0.25) is 9.59 Å². The van der Waals surface area contributed by atoms with Gasteiger partial charge in [-0.05, 0) is 31.2 Å². The summed E-state index contributed by atoms with van der Waals surface area (Å²) in [4.78, 5) is 40.6. The first-order chi connectivity index (χ1) is 14.3. The minimum absolute atomic E-state index is 0.101. The fourth-order valence-electron chi connectivity index (χ4n) is 2.51. The van der Waals surface area contributed by atoms with E-state index < -0.39 is 5.97 Å². The standard InChI is InChI=1S/C23H22N2O4S/c1-14(2)21(27)24-18-10-8-16(9-11-18)20(26)12-29-23(28)19-13-30-22(25-19)17-6-4-15(3)5-7-17/h4-11,13-14H,12H2,1-3H3,(H,24,27). The van der Waals surface area contributed by atoms with E-state index >= 15 is 0 Å². The van der Waals surface area contributed by atoms with Crippen molar-refractivity contribution in [2.24, 2.45) is 5.92 Å². The van der Waals surface area contributed by atoms with Gasteiger partial charge in [0, 0.05) is 28.1 Å². The summed E-state index contributed by atoms with van der Waals surface area (Å²) in [6, 6.07) is 14.3. The lowest BCUT2D eigenvalue weighted by Gasteiger charge is -2.08. The highest BCUT2D eigenvalue weighted by Crippen LogP contribution is 2.24. The van der Waals surface area contributed by atoms with Crippen LogP contribution in [0.25, 0.3) is 10.6 Å². The monoisotopic (exact) mass is 422 g/mol. The lowest BCUT2D eigenvalue weighted by atomic mass is 10.1. The van der Waals surface area contributed by atoms with Crippen LogP contribution in [-0.2, 0) is 9.53 Å². The first-order valence-electron chi connectivity index (χ1n) is 9.47. The molecular formula is C23H22N2O4S. The number of amides is 1. The van der Waals surface area contributed by atoms with Gasteiger partial charge in [-0.15, -0.1) is 11.3 Å². The SMILES string of the molecule is Cc1ccc(-c2nc(C(=O)OCC(=O)c3ccc(NC(=O)C(C)C)cc3)cs2)cc1. The van der Waals surface area contributed by atoms with Gasteiger partial charge in [0.25, 0.3) is 0 Å². The average molecular weight is 423 g/mol. The third-order valence-corrected chi connectivity index (χ3v) is 5.24. The van der Waals surface area contributed by atoms with E-state index in [-0.39, 0.29) is 29.9 Å². The maximum absolute atomic E-state index is 12.3. The number of ether oxygens (including phenoxy) is 1. The lowest BCUT2D eigenvalue weighted by molar-refractivity contribution is -0.118. The second-order valence-electron chi connectivity index (χ2n) is 7.12. The van der Waals surface area contributed by atoms with Gasteiger partial charge < -0.3 is 10.1 Å². The van der Waals surface area contributed by atoms with Gasteiger partial charge in [-0.2, -0.15) is 0 Å². The molecule has 6 nitrogen and oxygen atoms in total. The molecule has 0 unspecified atom stereocenters. The van der Waals surface area contributed by atoms with E-state index in [1.54, 1.807) is 43.5 Å². The summed E-state index contributed by atoms with van der Waals surface area (Å²) < 4.78 is 5.12. The molecule has 0 spiro atoms. The van der Waals surface area contributed by atoms with E-state index in [9.17, 15) is 14.4 Å². The number of aryl methyl sites for hydroxylation is 1. The Morgan fingerprint density at radius 1 is 1.03 bits per heavy atom. The number of ketones is 1. The van der Waals surface area contributed by atoms with Gasteiger partial charge in [-0.25, -0.2) is 9.78 Å². The van der Waals surface area contributed by atoms with Crippen molar-refractivity contribution in [2.75, 3.05) is 11.9 Å². The number of hydrogen-bond donors (Lipinski definition) is 1. The summed E-state index contributed by atoms with van der Waals surface area (Å²) in [6.45, 7) is 5.22. The highest BCUT2D eigenvalue weighted by Gasteiger charge is 2.16. The third kappa shape index (κ3) is 5.39. The van der Waals surface area contributed by atoms with Crippen LogP contribution in [0.2, 0.25) is 0 Å². The zero-order valence-corrected chi connectivity index (χ0v) is 17.8. The predicted molar refractivity (Wildman–Crippen MR) is 117 cm³/mol. The number of nitrogens with one attached hydrogen (secondary N) is 1. The summed E-state index contributed by atoms with van der Waals surface area (Å²) in [5.74, 6) is -1.21. The van der Waals surface area contributed by atoms with Crippen molar-refractivity contribution in [2.45, 2.75) is 20.8 Å². The summed E-state index contributed by atoms with van der Waals surface area (Å²) >= 11 is 1.34. The Kier molecular flexibility index (Phi) is 6.74. The molecule has 0 radical (unpaired) electrons. The molecule has 0 atom stereocenters. The van der Waals surface area contributed by atoms with Crippen LogP contribution in [0, 0.1) is 12.8 Å². The highest BCUT2D eigenvalue weighted by molar-refractivity contribution is 7.13. The van der Waals surface area contributed by atoms with Gasteiger partial charge in [0.05, 0.1) is 0 Å². The molecule has 1 heterocycles. The molecule has 30 heavy (non-hydrogen) atoms. The van der Waals surface area contributed by atoms with Crippen molar-refractivity contribution >= 4 is 34.7 Å². The Labute approximate surface area is 178 Å². The van der Waals surface area contributed by atoms with Crippen LogP contribution < -0.4 is 5.32 Å². The molecule has 0 saturated heterocycles. The largest absolute Gasteiger partial charge is 0.453 e. The van der Waals surface area contributed by atoms with E-state index in [4.69, 9.17) is 4.74 Å². The second-order valence-corrected chi connectivity index (χ2v) is 7.98. The second kappa shape index (κ2) is 9.45. The fourth-order valence-corrected chi connectivity index (χ4v) is 3.31. The van der Waals surface area contributed by atoms with E-state index in [1.165, 1.54) is 11.3 Å². The molecule has 1 amide bonds. The number of carbonyl (C=O) groups excluding carboxylic acids is 3. The van der Waals surface area contributed by atoms with Crippen LogP contribution in [0.3, 0.4) is 0 Å².